The Kier molecular flexibility index (Phi) is 3.04. The topological polar surface area (TPSA) is 41.5 Å². The fraction of sp³-hybridized carbons (Fsp3) is 0.600. The van der Waals surface area contributed by atoms with Gasteiger partial charge in [-0.1, -0.05) is 18.2 Å². The summed E-state index contributed by atoms with van der Waals surface area (Å²) in [6.45, 7) is 2.74. The number of para-hydroxylation sites is 1. The van der Waals surface area contributed by atoms with Crippen LogP contribution in [-0.2, 0) is 11.2 Å². The Hall–Kier alpha value is -1.06. The average Bonchev–Trinajstić information content (AvgIpc) is 2.36. The predicted octanol–water partition coefficient (Wildman–Crippen LogP) is 2.34. The highest BCUT2D eigenvalue weighted by molar-refractivity contribution is 5.54. The third-order valence-corrected chi connectivity index (χ3v) is 4.26. The summed E-state index contributed by atoms with van der Waals surface area (Å²) in [5.41, 5.74) is 1.97. The summed E-state index contributed by atoms with van der Waals surface area (Å²) < 4.78 is 5.55. The standard InChI is InChI=1S/C15H21NO2/c1-2-18-12-9-15(17,10-12)14-8-7-11-5-3-4-6-13(11)16-14/h3-6,12,14,16-17H,2,7-10H2,1H3. The van der Waals surface area contributed by atoms with E-state index in [4.69, 9.17) is 4.74 Å². The Bertz CT molecular complexity index is 426. The number of aryl methyl sites for hydroxylation is 1. The van der Waals surface area contributed by atoms with E-state index in [-0.39, 0.29) is 12.1 Å². The van der Waals surface area contributed by atoms with Crippen molar-refractivity contribution in [3.8, 4) is 0 Å². The molecule has 0 aromatic heterocycles. The number of nitrogens with one attached hydrogen (secondary N) is 1. The van der Waals surface area contributed by atoms with Crippen molar-refractivity contribution in [2.75, 3.05) is 11.9 Å². The van der Waals surface area contributed by atoms with Crippen LogP contribution in [0.4, 0.5) is 5.69 Å². The van der Waals surface area contributed by atoms with Crippen molar-refractivity contribution in [2.45, 2.75) is 50.4 Å². The van der Waals surface area contributed by atoms with Gasteiger partial charge in [0.05, 0.1) is 17.7 Å². The Morgan fingerprint density at radius 2 is 2.17 bits per heavy atom. The molecular weight excluding hydrogens is 226 g/mol. The Morgan fingerprint density at radius 3 is 2.94 bits per heavy atom. The van der Waals surface area contributed by atoms with E-state index in [0.29, 0.717) is 0 Å². The molecule has 0 saturated heterocycles. The highest BCUT2D eigenvalue weighted by Gasteiger charge is 2.49. The molecule has 3 nitrogen and oxygen atoms in total. The van der Waals surface area contributed by atoms with Crippen molar-refractivity contribution in [1.29, 1.82) is 0 Å². The molecule has 1 aromatic rings. The second-order valence-corrected chi connectivity index (χ2v) is 5.48. The van der Waals surface area contributed by atoms with Crippen molar-refractivity contribution in [1.82, 2.24) is 0 Å². The minimum absolute atomic E-state index is 0.170. The molecular formula is C15H21NO2. The summed E-state index contributed by atoms with van der Waals surface area (Å²) >= 11 is 0. The van der Waals surface area contributed by atoms with Crippen LogP contribution in [0, 0.1) is 0 Å². The summed E-state index contributed by atoms with van der Waals surface area (Å²) in [5, 5.41) is 14.1. The number of aliphatic hydroxyl groups is 1. The molecule has 1 aliphatic heterocycles. The molecule has 1 atom stereocenters. The molecule has 1 fully saturated rings. The highest BCUT2D eigenvalue weighted by atomic mass is 16.5. The molecule has 98 valence electrons. The quantitative estimate of drug-likeness (QED) is 0.861. The maximum absolute atomic E-state index is 10.6. The van der Waals surface area contributed by atoms with Crippen LogP contribution >= 0.6 is 0 Å². The lowest BCUT2D eigenvalue weighted by atomic mass is 9.70. The second kappa shape index (κ2) is 4.56. The van der Waals surface area contributed by atoms with Gasteiger partial charge in [0.15, 0.2) is 0 Å². The summed E-state index contributed by atoms with van der Waals surface area (Å²) in [4.78, 5) is 0. The molecule has 1 unspecified atom stereocenters. The Morgan fingerprint density at radius 1 is 1.39 bits per heavy atom. The van der Waals surface area contributed by atoms with Gasteiger partial charge in [0.25, 0.3) is 0 Å². The van der Waals surface area contributed by atoms with Crippen LogP contribution < -0.4 is 5.32 Å². The number of ether oxygens (including phenoxy) is 1. The minimum atomic E-state index is -0.576. The Labute approximate surface area is 108 Å². The van der Waals surface area contributed by atoms with E-state index in [1.807, 2.05) is 13.0 Å². The lowest BCUT2D eigenvalue weighted by Crippen LogP contribution is -2.59. The molecule has 1 saturated carbocycles. The van der Waals surface area contributed by atoms with Crippen molar-refractivity contribution < 1.29 is 9.84 Å². The lowest BCUT2D eigenvalue weighted by molar-refractivity contribution is -0.146. The van der Waals surface area contributed by atoms with E-state index < -0.39 is 5.60 Å². The van der Waals surface area contributed by atoms with Crippen LogP contribution in [-0.4, -0.2) is 29.5 Å². The number of anilines is 1. The molecule has 2 aliphatic rings. The third kappa shape index (κ3) is 2.02. The van der Waals surface area contributed by atoms with E-state index in [9.17, 15) is 5.11 Å². The number of hydrogen-bond donors (Lipinski definition) is 2. The maximum Gasteiger partial charge on any atom is 0.0897 e. The molecule has 1 heterocycles. The molecule has 0 radical (unpaired) electrons. The molecule has 1 aromatic carbocycles. The zero-order valence-corrected chi connectivity index (χ0v) is 10.9. The van der Waals surface area contributed by atoms with Gasteiger partial charge in [0.2, 0.25) is 0 Å². The molecule has 18 heavy (non-hydrogen) atoms. The van der Waals surface area contributed by atoms with Gasteiger partial charge in [-0.3, -0.25) is 0 Å². The van der Waals surface area contributed by atoms with Crippen molar-refractivity contribution in [3.05, 3.63) is 29.8 Å². The van der Waals surface area contributed by atoms with E-state index in [2.05, 4.69) is 23.5 Å². The Balaban J connectivity index is 1.66. The minimum Gasteiger partial charge on any atom is -0.388 e. The van der Waals surface area contributed by atoms with Crippen LogP contribution in [0.25, 0.3) is 0 Å². The molecule has 3 heteroatoms. The first-order valence-electron chi connectivity index (χ1n) is 6.90. The average molecular weight is 247 g/mol. The van der Waals surface area contributed by atoms with Crippen LogP contribution in [0.3, 0.4) is 0 Å². The largest absolute Gasteiger partial charge is 0.388 e. The summed E-state index contributed by atoms with van der Waals surface area (Å²) in [5.74, 6) is 0. The molecule has 0 spiro atoms. The number of benzene rings is 1. The molecule has 3 rings (SSSR count). The first kappa shape index (κ1) is 12.0. The molecule has 0 bridgehead atoms. The van der Waals surface area contributed by atoms with Crippen molar-refractivity contribution in [2.24, 2.45) is 0 Å². The first-order valence-corrected chi connectivity index (χ1v) is 6.90. The van der Waals surface area contributed by atoms with Crippen LogP contribution in [0.1, 0.15) is 31.7 Å². The SMILES string of the molecule is CCOC1CC(O)(C2CCc3ccccc3N2)C1. The first-order chi connectivity index (χ1) is 8.71. The number of hydrogen-bond acceptors (Lipinski definition) is 3. The number of fused-ring (bicyclic) bond motifs is 1. The van der Waals surface area contributed by atoms with Crippen LogP contribution in [0.15, 0.2) is 24.3 Å². The van der Waals surface area contributed by atoms with E-state index in [1.54, 1.807) is 0 Å². The van der Waals surface area contributed by atoms with E-state index in [1.165, 1.54) is 11.3 Å². The fourth-order valence-electron chi connectivity index (χ4n) is 3.21. The monoisotopic (exact) mass is 247 g/mol. The van der Waals surface area contributed by atoms with Crippen LogP contribution in [0.5, 0.6) is 0 Å². The van der Waals surface area contributed by atoms with E-state index in [0.717, 1.165) is 32.3 Å². The van der Waals surface area contributed by atoms with Gasteiger partial charge in [0.1, 0.15) is 0 Å². The second-order valence-electron chi connectivity index (χ2n) is 5.48. The lowest BCUT2D eigenvalue weighted by Gasteiger charge is -2.49. The van der Waals surface area contributed by atoms with Gasteiger partial charge in [0, 0.05) is 25.1 Å². The highest BCUT2D eigenvalue weighted by Crippen LogP contribution is 2.41. The van der Waals surface area contributed by atoms with Gasteiger partial charge >= 0.3 is 0 Å². The number of rotatable bonds is 3. The zero-order chi connectivity index (χ0) is 12.6. The maximum atomic E-state index is 10.6. The van der Waals surface area contributed by atoms with Gasteiger partial charge in [-0.25, -0.2) is 0 Å². The van der Waals surface area contributed by atoms with Gasteiger partial charge in [-0.05, 0) is 31.4 Å². The normalized spacial score (nSPS) is 34.3. The van der Waals surface area contributed by atoms with Crippen molar-refractivity contribution >= 4 is 5.69 Å². The van der Waals surface area contributed by atoms with Gasteiger partial charge in [-0.15, -0.1) is 0 Å². The summed E-state index contributed by atoms with van der Waals surface area (Å²) in [7, 11) is 0. The van der Waals surface area contributed by atoms with Crippen LogP contribution in [0.2, 0.25) is 0 Å². The molecule has 0 amide bonds. The van der Waals surface area contributed by atoms with E-state index >= 15 is 0 Å². The fourth-order valence-corrected chi connectivity index (χ4v) is 3.21. The van der Waals surface area contributed by atoms with Gasteiger partial charge < -0.3 is 15.2 Å². The summed E-state index contributed by atoms with van der Waals surface area (Å²) in [6, 6.07) is 8.55. The van der Waals surface area contributed by atoms with Crippen molar-refractivity contribution in [3.63, 3.8) is 0 Å². The third-order valence-electron chi connectivity index (χ3n) is 4.26. The molecule has 2 N–H and O–H groups in total. The summed E-state index contributed by atoms with van der Waals surface area (Å²) in [6.07, 6.45) is 3.84. The smallest absolute Gasteiger partial charge is 0.0897 e. The molecule has 1 aliphatic carbocycles. The zero-order valence-electron chi connectivity index (χ0n) is 10.9. The predicted molar refractivity (Wildman–Crippen MR) is 71.8 cm³/mol. The van der Waals surface area contributed by atoms with Gasteiger partial charge in [-0.2, -0.15) is 0 Å².